The zero-order valence-electron chi connectivity index (χ0n) is 13.2. The number of nitrogens with two attached hydrogens (primary N) is 1. The van der Waals surface area contributed by atoms with Crippen molar-refractivity contribution in [1.82, 2.24) is 4.31 Å². The zero-order chi connectivity index (χ0) is 15.6. The molecule has 0 radical (unpaired) electrons. The van der Waals surface area contributed by atoms with Gasteiger partial charge in [-0.05, 0) is 47.9 Å². The van der Waals surface area contributed by atoms with Crippen LogP contribution in [0, 0.1) is 11.8 Å². The van der Waals surface area contributed by atoms with Crippen LogP contribution in [0.15, 0.2) is 23.1 Å². The van der Waals surface area contributed by atoms with Gasteiger partial charge in [0, 0.05) is 19.6 Å². The van der Waals surface area contributed by atoms with Crippen LogP contribution in [-0.2, 0) is 23.0 Å². The van der Waals surface area contributed by atoms with Crippen LogP contribution in [0.2, 0.25) is 0 Å². The molecule has 2 N–H and O–H groups in total. The molecule has 1 aliphatic heterocycles. The molecule has 0 aliphatic carbocycles. The Morgan fingerprint density at radius 3 is 2.57 bits per heavy atom. The molecule has 0 bridgehead atoms. The summed E-state index contributed by atoms with van der Waals surface area (Å²) < 4.78 is 27.1. The third-order valence-electron chi connectivity index (χ3n) is 4.55. The molecule has 0 aromatic heterocycles. The maximum atomic E-state index is 12.8. The Morgan fingerprint density at radius 2 is 2.05 bits per heavy atom. The van der Waals surface area contributed by atoms with Gasteiger partial charge in [0.2, 0.25) is 10.0 Å². The third kappa shape index (κ3) is 3.30. The van der Waals surface area contributed by atoms with E-state index in [1.807, 2.05) is 6.07 Å². The topological polar surface area (TPSA) is 63.4 Å². The van der Waals surface area contributed by atoms with Crippen molar-refractivity contribution in [3.05, 3.63) is 29.3 Å². The van der Waals surface area contributed by atoms with Crippen LogP contribution in [0.3, 0.4) is 0 Å². The fourth-order valence-corrected chi connectivity index (χ4v) is 4.53. The highest BCUT2D eigenvalue weighted by atomic mass is 32.2. The van der Waals surface area contributed by atoms with E-state index >= 15 is 0 Å². The Kier molecular flexibility index (Phi) is 5.07. The molecule has 1 saturated heterocycles. The standard InChI is InChI=1S/C16H26N2O2S/c1-4-13-5-6-16(9-15(13)10-17)21(19,20)18-8-7-14(11-18)12(2)3/h5-6,9,12,14H,4,7-8,10-11,17H2,1-3H3. The van der Waals surface area contributed by atoms with E-state index in [2.05, 4.69) is 20.8 Å². The molecule has 1 heterocycles. The van der Waals surface area contributed by atoms with Gasteiger partial charge in [0.15, 0.2) is 0 Å². The Balaban J connectivity index is 2.28. The van der Waals surface area contributed by atoms with Crippen molar-refractivity contribution in [2.75, 3.05) is 13.1 Å². The molecule has 0 amide bonds. The molecule has 21 heavy (non-hydrogen) atoms. The van der Waals surface area contributed by atoms with Crippen molar-refractivity contribution in [2.24, 2.45) is 17.6 Å². The molecule has 118 valence electrons. The van der Waals surface area contributed by atoms with E-state index < -0.39 is 10.0 Å². The van der Waals surface area contributed by atoms with E-state index in [0.717, 1.165) is 24.0 Å². The summed E-state index contributed by atoms with van der Waals surface area (Å²) >= 11 is 0. The summed E-state index contributed by atoms with van der Waals surface area (Å²) in [5.74, 6) is 0.982. The Bertz CT molecular complexity index is 596. The van der Waals surface area contributed by atoms with E-state index in [4.69, 9.17) is 5.73 Å². The second kappa shape index (κ2) is 6.46. The minimum atomic E-state index is -3.38. The number of sulfonamides is 1. The minimum absolute atomic E-state index is 0.376. The summed E-state index contributed by atoms with van der Waals surface area (Å²) in [5, 5.41) is 0. The molecule has 1 unspecified atom stereocenters. The Labute approximate surface area is 128 Å². The van der Waals surface area contributed by atoms with E-state index in [-0.39, 0.29) is 0 Å². The average molecular weight is 310 g/mol. The fourth-order valence-electron chi connectivity index (χ4n) is 2.96. The van der Waals surface area contributed by atoms with Gasteiger partial charge in [-0.3, -0.25) is 0 Å². The van der Waals surface area contributed by atoms with Crippen molar-refractivity contribution in [3.8, 4) is 0 Å². The van der Waals surface area contributed by atoms with Crippen molar-refractivity contribution < 1.29 is 8.42 Å². The van der Waals surface area contributed by atoms with Crippen molar-refractivity contribution in [3.63, 3.8) is 0 Å². The largest absolute Gasteiger partial charge is 0.326 e. The van der Waals surface area contributed by atoms with E-state index in [1.165, 1.54) is 0 Å². The van der Waals surface area contributed by atoms with Crippen LogP contribution in [0.5, 0.6) is 0 Å². The van der Waals surface area contributed by atoms with E-state index in [9.17, 15) is 8.42 Å². The first-order valence-electron chi connectivity index (χ1n) is 7.72. The van der Waals surface area contributed by atoms with E-state index in [1.54, 1.807) is 16.4 Å². The summed E-state index contributed by atoms with van der Waals surface area (Å²) in [6, 6.07) is 5.36. The summed E-state index contributed by atoms with van der Waals surface area (Å²) in [6.45, 7) is 8.00. The lowest BCUT2D eigenvalue weighted by atomic mass is 9.96. The van der Waals surface area contributed by atoms with Crippen LogP contribution in [-0.4, -0.2) is 25.8 Å². The maximum Gasteiger partial charge on any atom is 0.243 e. The molecule has 1 aromatic rings. The lowest BCUT2D eigenvalue weighted by Gasteiger charge is -2.19. The molecule has 4 nitrogen and oxygen atoms in total. The van der Waals surface area contributed by atoms with Gasteiger partial charge in [-0.15, -0.1) is 0 Å². The summed E-state index contributed by atoms with van der Waals surface area (Å²) in [6.07, 6.45) is 1.82. The molecule has 2 rings (SSSR count). The molecule has 0 spiro atoms. The van der Waals surface area contributed by atoms with Crippen LogP contribution in [0.1, 0.15) is 38.3 Å². The van der Waals surface area contributed by atoms with Crippen molar-refractivity contribution in [1.29, 1.82) is 0 Å². The van der Waals surface area contributed by atoms with Gasteiger partial charge in [-0.2, -0.15) is 4.31 Å². The first-order chi connectivity index (χ1) is 9.90. The second-order valence-electron chi connectivity index (χ2n) is 6.14. The maximum absolute atomic E-state index is 12.8. The Morgan fingerprint density at radius 1 is 1.33 bits per heavy atom. The first-order valence-corrected chi connectivity index (χ1v) is 9.16. The molecule has 0 saturated carbocycles. The van der Waals surface area contributed by atoms with Gasteiger partial charge in [-0.25, -0.2) is 8.42 Å². The molecule has 1 fully saturated rings. The lowest BCUT2D eigenvalue weighted by molar-refractivity contribution is 0.388. The average Bonchev–Trinajstić information content (AvgIpc) is 2.97. The molecule has 1 atom stereocenters. The number of nitrogens with zero attached hydrogens (tertiary/aromatic N) is 1. The highest BCUT2D eigenvalue weighted by Gasteiger charge is 2.33. The highest BCUT2D eigenvalue weighted by molar-refractivity contribution is 7.89. The van der Waals surface area contributed by atoms with Gasteiger partial charge in [0.05, 0.1) is 4.90 Å². The van der Waals surface area contributed by atoms with E-state index in [0.29, 0.717) is 36.4 Å². The SMILES string of the molecule is CCc1ccc(S(=O)(=O)N2CCC(C(C)C)C2)cc1CN. The first kappa shape index (κ1) is 16.5. The van der Waals surface area contributed by atoms with Gasteiger partial charge >= 0.3 is 0 Å². The summed E-state index contributed by atoms with van der Waals surface area (Å²) in [5.41, 5.74) is 7.80. The predicted molar refractivity (Wildman–Crippen MR) is 85.4 cm³/mol. The molecular weight excluding hydrogens is 284 g/mol. The molecule has 1 aromatic carbocycles. The van der Waals surface area contributed by atoms with Crippen LogP contribution in [0.25, 0.3) is 0 Å². The summed E-state index contributed by atoms with van der Waals surface area (Å²) in [4.78, 5) is 0.379. The summed E-state index contributed by atoms with van der Waals surface area (Å²) in [7, 11) is -3.38. The van der Waals surface area contributed by atoms with Gasteiger partial charge in [0.1, 0.15) is 0 Å². The van der Waals surface area contributed by atoms with Crippen LogP contribution >= 0.6 is 0 Å². The molecule has 1 aliphatic rings. The van der Waals surface area contributed by atoms with Crippen LogP contribution < -0.4 is 5.73 Å². The molecular formula is C16H26N2O2S. The smallest absolute Gasteiger partial charge is 0.243 e. The fraction of sp³-hybridized carbons (Fsp3) is 0.625. The Hall–Kier alpha value is -0.910. The number of hydrogen-bond acceptors (Lipinski definition) is 3. The van der Waals surface area contributed by atoms with Crippen molar-refractivity contribution >= 4 is 10.0 Å². The quantitative estimate of drug-likeness (QED) is 0.908. The predicted octanol–water partition coefficient (Wildman–Crippen LogP) is 2.37. The monoisotopic (exact) mass is 310 g/mol. The van der Waals surface area contributed by atoms with Gasteiger partial charge < -0.3 is 5.73 Å². The van der Waals surface area contributed by atoms with Crippen LogP contribution in [0.4, 0.5) is 0 Å². The number of aryl methyl sites for hydroxylation is 1. The normalized spacial score (nSPS) is 20.3. The second-order valence-corrected chi connectivity index (χ2v) is 8.08. The number of hydrogen-bond donors (Lipinski definition) is 1. The third-order valence-corrected chi connectivity index (χ3v) is 6.41. The zero-order valence-corrected chi connectivity index (χ0v) is 14.0. The van der Waals surface area contributed by atoms with Crippen molar-refractivity contribution in [2.45, 2.75) is 45.1 Å². The number of benzene rings is 1. The van der Waals surface area contributed by atoms with Gasteiger partial charge in [0.25, 0.3) is 0 Å². The lowest BCUT2D eigenvalue weighted by Crippen LogP contribution is -2.29. The highest BCUT2D eigenvalue weighted by Crippen LogP contribution is 2.29. The number of rotatable bonds is 5. The van der Waals surface area contributed by atoms with Gasteiger partial charge in [-0.1, -0.05) is 26.8 Å². The minimum Gasteiger partial charge on any atom is -0.326 e. The molecule has 5 heteroatoms.